The first kappa shape index (κ1) is 11.6. The topological polar surface area (TPSA) is 68.0 Å². The van der Waals surface area contributed by atoms with Gasteiger partial charge in [0.15, 0.2) is 0 Å². The summed E-state index contributed by atoms with van der Waals surface area (Å²) in [5.74, 6) is -0.966. The second kappa shape index (κ2) is 4.53. The smallest absolute Gasteiger partial charge is 0.338 e. The molecule has 2 rings (SSSR count). The van der Waals surface area contributed by atoms with E-state index in [0.717, 1.165) is 18.4 Å². The maximum absolute atomic E-state index is 11.1. The molecule has 1 aromatic carbocycles. The van der Waals surface area contributed by atoms with Crippen molar-refractivity contribution in [2.45, 2.75) is 32.7 Å². The van der Waals surface area contributed by atoms with E-state index in [0.29, 0.717) is 5.52 Å². The van der Waals surface area contributed by atoms with Gasteiger partial charge < -0.3 is 5.11 Å². The summed E-state index contributed by atoms with van der Waals surface area (Å²) in [6, 6.07) is 5.41. The maximum atomic E-state index is 11.1. The molecule has 5 heteroatoms. The van der Waals surface area contributed by atoms with Crippen LogP contribution in [0.15, 0.2) is 18.2 Å². The van der Waals surface area contributed by atoms with Crippen LogP contribution in [-0.4, -0.2) is 26.1 Å². The van der Waals surface area contributed by atoms with Crippen molar-refractivity contribution in [1.82, 2.24) is 15.0 Å². The Bertz CT molecular complexity index is 544. The molecule has 5 nitrogen and oxygen atoms in total. The number of nitrogens with zero attached hydrogens (tertiary/aromatic N) is 3. The lowest BCUT2D eigenvalue weighted by atomic mass is 10.1. The van der Waals surface area contributed by atoms with E-state index < -0.39 is 5.97 Å². The molecule has 0 amide bonds. The van der Waals surface area contributed by atoms with Crippen molar-refractivity contribution in [2.75, 3.05) is 0 Å². The van der Waals surface area contributed by atoms with Crippen LogP contribution in [-0.2, 0) is 0 Å². The van der Waals surface area contributed by atoms with E-state index in [1.165, 1.54) is 0 Å². The fraction of sp³-hybridized carbons (Fsp3) is 0.417. The molecule has 0 aliphatic heterocycles. The van der Waals surface area contributed by atoms with Crippen LogP contribution < -0.4 is 0 Å². The van der Waals surface area contributed by atoms with Gasteiger partial charge in [-0.05, 0) is 25.0 Å². The second-order valence-corrected chi connectivity index (χ2v) is 3.98. The van der Waals surface area contributed by atoms with Crippen molar-refractivity contribution >= 4 is 17.0 Å². The van der Waals surface area contributed by atoms with Crippen molar-refractivity contribution in [3.8, 4) is 0 Å². The molecule has 0 bridgehead atoms. The van der Waals surface area contributed by atoms with Gasteiger partial charge in [0.25, 0.3) is 0 Å². The van der Waals surface area contributed by atoms with Gasteiger partial charge in [-0.1, -0.05) is 25.1 Å². The van der Waals surface area contributed by atoms with Crippen LogP contribution >= 0.6 is 0 Å². The zero-order valence-corrected chi connectivity index (χ0v) is 9.92. The van der Waals surface area contributed by atoms with Crippen molar-refractivity contribution < 1.29 is 9.90 Å². The predicted octanol–water partition coefficient (Wildman–Crippen LogP) is 2.49. The standard InChI is InChI=1S/C12H15N3O2/c1-3-8(4-2)15-10-7-5-6-9(12(16)17)11(10)13-14-15/h5-8H,3-4H2,1-2H3,(H,16,17). The third kappa shape index (κ3) is 1.88. The molecule has 0 aliphatic rings. The second-order valence-electron chi connectivity index (χ2n) is 3.98. The molecule has 0 atom stereocenters. The minimum atomic E-state index is -0.966. The monoisotopic (exact) mass is 233 g/mol. The Morgan fingerprint density at radius 1 is 1.41 bits per heavy atom. The van der Waals surface area contributed by atoms with Crippen molar-refractivity contribution in [1.29, 1.82) is 0 Å². The number of benzene rings is 1. The lowest BCUT2D eigenvalue weighted by Gasteiger charge is -2.12. The molecule has 0 unspecified atom stereocenters. The van der Waals surface area contributed by atoms with Gasteiger partial charge in [-0.15, -0.1) is 5.10 Å². The molecule has 1 heterocycles. The zero-order valence-electron chi connectivity index (χ0n) is 9.92. The highest BCUT2D eigenvalue weighted by Crippen LogP contribution is 2.22. The number of carboxylic acids is 1. The van der Waals surface area contributed by atoms with E-state index in [2.05, 4.69) is 24.2 Å². The fourth-order valence-electron chi connectivity index (χ4n) is 2.04. The molecule has 0 aliphatic carbocycles. The number of aromatic nitrogens is 3. The quantitative estimate of drug-likeness (QED) is 0.880. The summed E-state index contributed by atoms with van der Waals surface area (Å²) < 4.78 is 1.82. The molecule has 2 aromatic rings. The van der Waals surface area contributed by atoms with Gasteiger partial charge in [0.05, 0.1) is 17.1 Å². The minimum Gasteiger partial charge on any atom is -0.478 e. The van der Waals surface area contributed by atoms with Crippen molar-refractivity contribution in [3.63, 3.8) is 0 Å². The number of carbonyl (C=O) groups is 1. The molecule has 0 saturated carbocycles. The Balaban J connectivity index is 2.62. The fourth-order valence-corrected chi connectivity index (χ4v) is 2.04. The van der Waals surface area contributed by atoms with Gasteiger partial charge in [0, 0.05) is 0 Å². The summed E-state index contributed by atoms with van der Waals surface area (Å²) in [6.45, 7) is 4.17. The molecule has 0 saturated heterocycles. The number of rotatable bonds is 4. The van der Waals surface area contributed by atoms with Crippen LogP contribution in [0.1, 0.15) is 43.1 Å². The average molecular weight is 233 g/mol. The van der Waals surface area contributed by atoms with E-state index in [-0.39, 0.29) is 11.6 Å². The largest absolute Gasteiger partial charge is 0.478 e. The van der Waals surface area contributed by atoms with E-state index in [1.807, 2.05) is 10.7 Å². The number of hydrogen-bond acceptors (Lipinski definition) is 3. The van der Waals surface area contributed by atoms with Crippen LogP contribution in [0.3, 0.4) is 0 Å². The van der Waals surface area contributed by atoms with Crippen LogP contribution in [0.4, 0.5) is 0 Å². The normalized spacial score (nSPS) is 11.2. The van der Waals surface area contributed by atoms with Gasteiger partial charge >= 0.3 is 5.97 Å². The Kier molecular flexibility index (Phi) is 3.08. The predicted molar refractivity (Wildman–Crippen MR) is 64.1 cm³/mol. The van der Waals surface area contributed by atoms with Crippen molar-refractivity contribution in [2.24, 2.45) is 0 Å². The van der Waals surface area contributed by atoms with Gasteiger partial charge in [0.2, 0.25) is 0 Å². The zero-order chi connectivity index (χ0) is 12.4. The lowest BCUT2D eigenvalue weighted by molar-refractivity contribution is 0.0699. The highest BCUT2D eigenvalue weighted by Gasteiger charge is 2.16. The molecule has 0 spiro atoms. The SMILES string of the molecule is CCC(CC)n1nnc2c(C(=O)O)cccc21. The third-order valence-corrected chi connectivity index (χ3v) is 3.02. The number of carboxylic acid groups (broad SMARTS) is 1. The Morgan fingerprint density at radius 2 is 2.12 bits per heavy atom. The summed E-state index contributed by atoms with van der Waals surface area (Å²) in [4.78, 5) is 11.1. The van der Waals surface area contributed by atoms with Crippen LogP contribution in [0.5, 0.6) is 0 Å². The molecule has 0 radical (unpaired) electrons. The van der Waals surface area contributed by atoms with E-state index in [9.17, 15) is 4.79 Å². The molecule has 1 aromatic heterocycles. The summed E-state index contributed by atoms with van der Waals surface area (Å²) in [5, 5.41) is 17.1. The maximum Gasteiger partial charge on any atom is 0.338 e. The van der Waals surface area contributed by atoms with Crippen LogP contribution in [0.25, 0.3) is 11.0 Å². The van der Waals surface area contributed by atoms with Crippen molar-refractivity contribution in [3.05, 3.63) is 23.8 Å². The Labute approximate surface area is 99.1 Å². The molecule has 90 valence electrons. The molecular weight excluding hydrogens is 218 g/mol. The van der Waals surface area contributed by atoms with Gasteiger partial charge in [-0.25, -0.2) is 9.48 Å². The molecule has 0 fully saturated rings. The highest BCUT2D eigenvalue weighted by atomic mass is 16.4. The van der Waals surface area contributed by atoms with E-state index in [1.54, 1.807) is 12.1 Å². The minimum absolute atomic E-state index is 0.208. The van der Waals surface area contributed by atoms with Gasteiger partial charge in [0.1, 0.15) is 5.52 Å². The number of fused-ring (bicyclic) bond motifs is 1. The summed E-state index contributed by atoms with van der Waals surface area (Å²) >= 11 is 0. The van der Waals surface area contributed by atoms with Gasteiger partial charge in [-0.3, -0.25) is 0 Å². The average Bonchev–Trinajstić information content (AvgIpc) is 2.74. The first-order chi connectivity index (χ1) is 8.19. The van der Waals surface area contributed by atoms with Gasteiger partial charge in [-0.2, -0.15) is 0 Å². The highest BCUT2D eigenvalue weighted by molar-refractivity contribution is 6.00. The third-order valence-electron chi connectivity index (χ3n) is 3.02. The Morgan fingerprint density at radius 3 is 2.71 bits per heavy atom. The first-order valence-electron chi connectivity index (χ1n) is 5.76. The Hall–Kier alpha value is -1.91. The number of aromatic carboxylic acids is 1. The van der Waals surface area contributed by atoms with E-state index >= 15 is 0 Å². The summed E-state index contributed by atoms with van der Waals surface area (Å²) in [7, 11) is 0. The molecular formula is C12H15N3O2. The van der Waals surface area contributed by atoms with Crippen LogP contribution in [0, 0.1) is 0 Å². The summed E-state index contributed by atoms with van der Waals surface area (Å²) in [6.07, 6.45) is 1.90. The van der Waals surface area contributed by atoms with E-state index in [4.69, 9.17) is 5.11 Å². The van der Waals surface area contributed by atoms with Crippen LogP contribution in [0.2, 0.25) is 0 Å². The number of hydrogen-bond donors (Lipinski definition) is 1. The first-order valence-corrected chi connectivity index (χ1v) is 5.76. The summed E-state index contributed by atoms with van der Waals surface area (Å²) in [5.41, 5.74) is 1.46. The lowest BCUT2D eigenvalue weighted by Crippen LogP contribution is -2.08. The molecule has 1 N–H and O–H groups in total. The molecule has 17 heavy (non-hydrogen) atoms.